The van der Waals surface area contributed by atoms with Crippen molar-refractivity contribution in [3.05, 3.63) is 35.5 Å². The first-order valence-corrected chi connectivity index (χ1v) is 5.66. The maximum Gasteiger partial charge on any atom is 0.166 e. The van der Waals surface area contributed by atoms with Gasteiger partial charge in [-0.3, -0.25) is 9.89 Å². The lowest BCUT2D eigenvalue weighted by molar-refractivity contribution is 0.0973. The lowest BCUT2D eigenvalue weighted by atomic mass is 9.92. The number of nitrogens with one attached hydrogen (secondary N) is 1. The van der Waals surface area contributed by atoms with Crippen LogP contribution in [0.3, 0.4) is 0 Å². The summed E-state index contributed by atoms with van der Waals surface area (Å²) in [5, 5.41) is 16.9. The van der Waals surface area contributed by atoms with Gasteiger partial charge in [0, 0.05) is 17.7 Å². The topological polar surface area (TPSA) is 66.0 Å². The molecule has 1 aliphatic rings. The van der Waals surface area contributed by atoms with Gasteiger partial charge in [0.05, 0.1) is 5.56 Å². The number of nitrogens with zero attached hydrogens (tertiary/aromatic N) is 1. The van der Waals surface area contributed by atoms with Gasteiger partial charge in [0.1, 0.15) is 11.4 Å². The molecule has 0 aliphatic heterocycles. The normalized spacial score (nSPS) is 14.7. The average molecular weight is 228 g/mol. The molecule has 2 N–H and O–H groups in total. The first-order valence-electron chi connectivity index (χ1n) is 5.66. The Morgan fingerprint density at radius 1 is 1.24 bits per heavy atom. The quantitative estimate of drug-likeness (QED) is 0.787. The molecule has 1 aliphatic carbocycles. The second-order valence-corrected chi connectivity index (χ2v) is 4.22. The standard InChI is InChI=1S/C13H12N2O2/c16-10-6-2-1-4-8(10)13-12-9(14-15-13)5-3-7-11(12)17/h1-2,4,6,16H,3,5,7H2,(H,14,15). The number of aromatic hydroxyl groups is 1. The number of rotatable bonds is 1. The summed E-state index contributed by atoms with van der Waals surface area (Å²) >= 11 is 0. The molecular weight excluding hydrogens is 216 g/mol. The molecule has 2 aromatic rings. The molecule has 1 aromatic heterocycles. The molecule has 0 spiro atoms. The van der Waals surface area contributed by atoms with Crippen LogP contribution >= 0.6 is 0 Å². The van der Waals surface area contributed by atoms with E-state index in [1.54, 1.807) is 18.2 Å². The van der Waals surface area contributed by atoms with Gasteiger partial charge in [-0.05, 0) is 25.0 Å². The number of aromatic amines is 1. The number of aromatic nitrogens is 2. The fourth-order valence-electron chi connectivity index (χ4n) is 2.28. The van der Waals surface area contributed by atoms with E-state index in [1.807, 2.05) is 6.07 Å². The second-order valence-electron chi connectivity index (χ2n) is 4.22. The third-order valence-electron chi connectivity index (χ3n) is 3.11. The van der Waals surface area contributed by atoms with Gasteiger partial charge in [0.15, 0.2) is 5.78 Å². The van der Waals surface area contributed by atoms with E-state index >= 15 is 0 Å². The van der Waals surface area contributed by atoms with E-state index in [0.717, 1.165) is 18.5 Å². The predicted molar refractivity (Wildman–Crippen MR) is 63.0 cm³/mol. The summed E-state index contributed by atoms with van der Waals surface area (Å²) in [6, 6.07) is 6.95. The minimum absolute atomic E-state index is 0.109. The van der Waals surface area contributed by atoms with E-state index in [9.17, 15) is 9.90 Å². The summed E-state index contributed by atoms with van der Waals surface area (Å²) < 4.78 is 0. The van der Waals surface area contributed by atoms with Gasteiger partial charge in [-0.2, -0.15) is 5.10 Å². The molecule has 0 radical (unpaired) electrons. The van der Waals surface area contributed by atoms with Crippen molar-refractivity contribution in [3.63, 3.8) is 0 Å². The highest BCUT2D eigenvalue weighted by Crippen LogP contribution is 2.33. The monoisotopic (exact) mass is 228 g/mol. The zero-order valence-electron chi connectivity index (χ0n) is 9.23. The van der Waals surface area contributed by atoms with Gasteiger partial charge >= 0.3 is 0 Å². The van der Waals surface area contributed by atoms with E-state index in [-0.39, 0.29) is 11.5 Å². The van der Waals surface area contributed by atoms with Gasteiger partial charge in [0.25, 0.3) is 0 Å². The summed E-state index contributed by atoms with van der Waals surface area (Å²) in [6.45, 7) is 0. The molecule has 0 saturated heterocycles. The number of phenols is 1. The number of para-hydroxylation sites is 1. The molecule has 0 fully saturated rings. The van der Waals surface area contributed by atoms with Crippen LogP contribution in [-0.2, 0) is 6.42 Å². The van der Waals surface area contributed by atoms with Gasteiger partial charge in [-0.1, -0.05) is 12.1 Å². The Morgan fingerprint density at radius 2 is 2.06 bits per heavy atom. The molecule has 4 nitrogen and oxygen atoms in total. The number of benzene rings is 1. The molecule has 17 heavy (non-hydrogen) atoms. The fourth-order valence-corrected chi connectivity index (χ4v) is 2.28. The number of H-pyrrole nitrogens is 1. The minimum Gasteiger partial charge on any atom is -0.507 e. The van der Waals surface area contributed by atoms with Crippen LogP contribution in [0.1, 0.15) is 28.9 Å². The Labute approximate surface area is 98.3 Å². The second kappa shape index (κ2) is 3.73. The van der Waals surface area contributed by atoms with Crippen molar-refractivity contribution in [2.45, 2.75) is 19.3 Å². The van der Waals surface area contributed by atoms with E-state index in [1.165, 1.54) is 0 Å². The summed E-state index contributed by atoms with van der Waals surface area (Å²) in [5.41, 5.74) is 2.72. The van der Waals surface area contributed by atoms with E-state index in [4.69, 9.17) is 0 Å². The number of carbonyl (C=O) groups is 1. The minimum atomic E-state index is 0.109. The average Bonchev–Trinajstić information content (AvgIpc) is 2.75. The lowest BCUT2D eigenvalue weighted by Crippen LogP contribution is -2.10. The molecule has 0 unspecified atom stereocenters. The number of carbonyl (C=O) groups excluding carboxylic acids is 1. The first-order chi connectivity index (χ1) is 8.27. The molecule has 0 amide bonds. The van der Waals surface area contributed by atoms with Gasteiger partial charge in [-0.25, -0.2) is 0 Å². The first kappa shape index (κ1) is 10.1. The number of hydrogen-bond acceptors (Lipinski definition) is 3. The zero-order valence-corrected chi connectivity index (χ0v) is 9.23. The fraction of sp³-hybridized carbons (Fsp3) is 0.231. The summed E-state index contributed by atoms with van der Waals surface area (Å²) in [7, 11) is 0. The molecular formula is C13H12N2O2. The van der Waals surface area contributed by atoms with Crippen LogP contribution in [0.4, 0.5) is 0 Å². The van der Waals surface area contributed by atoms with E-state index in [2.05, 4.69) is 10.2 Å². The molecule has 4 heteroatoms. The van der Waals surface area contributed by atoms with Crippen LogP contribution in [0, 0.1) is 0 Å². The number of Topliss-reactive ketones (excluding diaryl/α,β-unsaturated/α-hetero) is 1. The van der Waals surface area contributed by atoms with Crippen molar-refractivity contribution in [2.75, 3.05) is 0 Å². The highest BCUT2D eigenvalue weighted by molar-refractivity contribution is 6.03. The maximum absolute atomic E-state index is 11.9. The number of aryl methyl sites for hydroxylation is 1. The number of hydrogen-bond donors (Lipinski definition) is 2. The molecule has 0 bridgehead atoms. The number of ketones is 1. The van der Waals surface area contributed by atoms with Gasteiger partial charge in [-0.15, -0.1) is 0 Å². The summed E-state index contributed by atoms with van der Waals surface area (Å²) in [4.78, 5) is 11.9. The third-order valence-corrected chi connectivity index (χ3v) is 3.11. The molecule has 86 valence electrons. The van der Waals surface area contributed by atoms with Crippen molar-refractivity contribution in [2.24, 2.45) is 0 Å². The Kier molecular flexibility index (Phi) is 2.21. The van der Waals surface area contributed by atoms with Crippen LogP contribution < -0.4 is 0 Å². The number of fused-ring (bicyclic) bond motifs is 1. The Morgan fingerprint density at radius 3 is 2.88 bits per heavy atom. The van der Waals surface area contributed by atoms with Crippen molar-refractivity contribution in [1.29, 1.82) is 0 Å². The highest BCUT2D eigenvalue weighted by atomic mass is 16.3. The SMILES string of the molecule is O=C1CCCc2[nH]nc(-c3ccccc3O)c21. The van der Waals surface area contributed by atoms with Crippen molar-refractivity contribution in [1.82, 2.24) is 10.2 Å². The van der Waals surface area contributed by atoms with Crippen molar-refractivity contribution >= 4 is 5.78 Å². The predicted octanol–water partition coefficient (Wildman–Crippen LogP) is 2.30. The van der Waals surface area contributed by atoms with E-state index in [0.29, 0.717) is 23.2 Å². The maximum atomic E-state index is 11.9. The highest BCUT2D eigenvalue weighted by Gasteiger charge is 2.25. The molecule has 0 atom stereocenters. The molecule has 0 saturated carbocycles. The third kappa shape index (κ3) is 1.53. The Hall–Kier alpha value is -2.10. The Bertz CT molecular complexity index is 587. The van der Waals surface area contributed by atoms with Gasteiger partial charge in [0.2, 0.25) is 0 Å². The van der Waals surface area contributed by atoms with Crippen LogP contribution in [0.25, 0.3) is 11.3 Å². The van der Waals surface area contributed by atoms with Crippen molar-refractivity contribution in [3.8, 4) is 17.0 Å². The summed E-state index contributed by atoms with van der Waals surface area (Å²) in [5.74, 6) is 0.262. The zero-order chi connectivity index (χ0) is 11.8. The molecule has 1 heterocycles. The number of phenolic OH excluding ortho intramolecular Hbond substituents is 1. The van der Waals surface area contributed by atoms with Gasteiger partial charge < -0.3 is 5.11 Å². The smallest absolute Gasteiger partial charge is 0.166 e. The molecule has 3 rings (SSSR count). The largest absolute Gasteiger partial charge is 0.507 e. The van der Waals surface area contributed by atoms with Crippen LogP contribution in [0.5, 0.6) is 5.75 Å². The van der Waals surface area contributed by atoms with Crippen molar-refractivity contribution < 1.29 is 9.90 Å². The van der Waals surface area contributed by atoms with Crippen LogP contribution in [-0.4, -0.2) is 21.1 Å². The lowest BCUT2D eigenvalue weighted by Gasteiger charge is -2.10. The van der Waals surface area contributed by atoms with E-state index < -0.39 is 0 Å². The molecule has 1 aromatic carbocycles. The Balaban J connectivity index is 2.20. The van der Waals surface area contributed by atoms with Crippen LogP contribution in [0.15, 0.2) is 24.3 Å². The summed E-state index contributed by atoms with van der Waals surface area (Å²) in [6.07, 6.45) is 2.28. The van der Waals surface area contributed by atoms with Crippen LogP contribution in [0.2, 0.25) is 0 Å².